The van der Waals surface area contributed by atoms with Crippen LogP contribution in [0, 0.1) is 0 Å². The van der Waals surface area contributed by atoms with Gasteiger partial charge in [0.2, 0.25) is 0 Å². The minimum Gasteiger partial charge on any atom is -0.462 e. The third kappa shape index (κ3) is 3.03. The molecule has 1 aromatic heterocycles. The molecule has 1 amide bonds. The summed E-state index contributed by atoms with van der Waals surface area (Å²) in [5, 5.41) is 3.53. The number of fused-ring (bicyclic) bond motifs is 1. The van der Waals surface area contributed by atoms with Crippen LogP contribution in [0.15, 0.2) is 0 Å². The van der Waals surface area contributed by atoms with E-state index in [0.29, 0.717) is 23.8 Å². The number of ether oxygens (including phenoxy) is 2. The Bertz CT molecular complexity index is 575. The van der Waals surface area contributed by atoms with Gasteiger partial charge < -0.3 is 14.8 Å². The van der Waals surface area contributed by atoms with Gasteiger partial charge in [0.25, 0.3) is 5.91 Å². The number of carbonyl (C=O) groups is 2. The lowest BCUT2D eigenvalue weighted by molar-refractivity contribution is -0.124. The Balaban J connectivity index is 1.86. The van der Waals surface area contributed by atoms with Crippen LogP contribution in [0.25, 0.3) is 0 Å². The van der Waals surface area contributed by atoms with E-state index in [-0.39, 0.29) is 11.9 Å². The molecule has 1 N–H and O–H groups in total. The third-order valence-electron chi connectivity index (χ3n) is 4.11. The number of esters is 1. The van der Waals surface area contributed by atoms with Crippen molar-refractivity contribution in [3.8, 4) is 0 Å². The van der Waals surface area contributed by atoms with Gasteiger partial charge in [-0.3, -0.25) is 4.79 Å². The van der Waals surface area contributed by atoms with Gasteiger partial charge in [-0.2, -0.15) is 0 Å². The fourth-order valence-electron chi connectivity index (χ4n) is 3.05. The van der Waals surface area contributed by atoms with E-state index >= 15 is 0 Å². The van der Waals surface area contributed by atoms with Crippen molar-refractivity contribution in [1.29, 1.82) is 0 Å². The molecule has 0 aromatic carbocycles. The predicted molar refractivity (Wildman–Crippen MR) is 84.5 cm³/mol. The number of carbonyl (C=O) groups excluding carboxylic acids is 2. The van der Waals surface area contributed by atoms with Crippen LogP contribution in [0.2, 0.25) is 0 Å². The van der Waals surface area contributed by atoms with Crippen LogP contribution in [-0.4, -0.2) is 31.2 Å². The van der Waals surface area contributed by atoms with Gasteiger partial charge in [0.1, 0.15) is 11.1 Å². The fourth-order valence-corrected chi connectivity index (χ4v) is 4.33. The molecule has 1 fully saturated rings. The zero-order valence-corrected chi connectivity index (χ0v) is 13.6. The molecule has 2 aliphatic rings. The first kappa shape index (κ1) is 15.5. The minimum absolute atomic E-state index is 0.151. The molecule has 1 saturated heterocycles. The molecule has 0 spiro atoms. The lowest BCUT2D eigenvalue weighted by Gasteiger charge is -2.13. The molecule has 1 atom stereocenters. The number of hydrogen-bond acceptors (Lipinski definition) is 5. The Hall–Kier alpha value is -1.40. The largest absolute Gasteiger partial charge is 0.462 e. The van der Waals surface area contributed by atoms with Crippen molar-refractivity contribution in [2.45, 2.75) is 51.6 Å². The molecule has 0 unspecified atom stereocenters. The summed E-state index contributed by atoms with van der Waals surface area (Å²) in [7, 11) is 0. The van der Waals surface area contributed by atoms with Crippen LogP contribution in [0.3, 0.4) is 0 Å². The summed E-state index contributed by atoms with van der Waals surface area (Å²) < 4.78 is 10.6. The van der Waals surface area contributed by atoms with E-state index < -0.39 is 6.10 Å². The van der Waals surface area contributed by atoms with Gasteiger partial charge >= 0.3 is 5.97 Å². The molecule has 1 aliphatic carbocycles. The van der Waals surface area contributed by atoms with Crippen LogP contribution < -0.4 is 5.32 Å². The smallest absolute Gasteiger partial charge is 0.341 e. The van der Waals surface area contributed by atoms with Gasteiger partial charge in [-0.05, 0) is 51.0 Å². The van der Waals surface area contributed by atoms with E-state index in [2.05, 4.69) is 5.32 Å². The molecule has 0 radical (unpaired) electrons. The Labute approximate surface area is 134 Å². The maximum atomic E-state index is 12.3. The summed E-state index contributed by atoms with van der Waals surface area (Å²) in [6, 6.07) is 0. The monoisotopic (exact) mass is 323 g/mol. The molecule has 1 aromatic rings. The highest BCUT2D eigenvalue weighted by atomic mass is 32.1. The van der Waals surface area contributed by atoms with Crippen LogP contribution >= 0.6 is 11.3 Å². The molecule has 120 valence electrons. The molecule has 6 heteroatoms. The van der Waals surface area contributed by atoms with Crippen molar-refractivity contribution in [2.24, 2.45) is 0 Å². The Morgan fingerprint density at radius 1 is 1.32 bits per heavy atom. The Morgan fingerprint density at radius 2 is 2.14 bits per heavy atom. The topological polar surface area (TPSA) is 64.6 Å². The third-order valence-corrected chi connectivity index (χ3v) is 5.32. The molecule has 22 heavy (non-hydrogen) atoms. The summed E-state index contributed by atoms with van der Waals surface area (Å²) >= 11 is 1.51. The molecule has 0 saturated carbocycles. The molecule has 2 heterocycles. The van der Waals surface area contributed by atoms with E-state index in [0.717, 1.165) is 44.1 Å². The Morgan fingerprint density at radius 3 is 2.86 bits per heavy atom. The molecule has 3 rings (SSSR count). The van der Waals surface area contributed by atoms with Gasteiger partial charge in [-0.25, -0.2) is 4.79 Å². The zero-order valence-electron chi connectivity index (χ0n) is 12.8. The van der Waals surface area contributed by atoms with E-state index in [1.165, 1.54) is 16.2 Å². The van der Waals surface area contributed by atoms with Gasteiger partial charge in [0, 0.05) is 11.5 Å². The second-order valence-corrected chi connectivity index (χ2v) is 6.73. The highest BCUT2D eigenvalue weighted by molar-refractivity contribution is 7.17. The van der Waals surface area contributed by atoms with Crippen LogP contribution in [0.4, 0.5) is 5.00 Å². The molecule has 5 nitrogen and oxygen atoms in total. The first-order chi connectivity index (χ1) is 10.7. The number of amides is 1. The van der Waals surface area contributed by atoms with E-state index in [1.807, 2.05) is 0 Å². The number of rotatable bonds is 4. The number of anilines is 1. The SMILES string of the molecule is CCOC(=O)c1c(NC(=O)[C@H]2CCCO2)sc2c1CCCC2. The molecule has 1 aliphatic heterocycles. The normalized spacial score (nSPS) is 20.5. The van der Waals surface area contributed by atoms with E-state index in [9.17, 15) is 9.59 Å². The van der Waals surface area contributed by atoms with Crippen molar-refractivity contribution in [3.05, 3.63) is 16.0 Å². The van der Waals surface area contributed by atoms with Crippen LogP contribution in [0.1, 0.15) is 53.4 Å². The van der Waals surface area contributed by atoms with Crippen molar-refractivity contribution in [2.75, 3.05) is 18.5 Å². The predicted octanol–water partition coefficient (Wildman–Crippen LogP) is 2.92. The summed E-state index contributed by atoms with van der Waals surface area (Å²) in [6.45, 7) is 2.76. The second kappa shape index (κ2) is 6.79. The summed E-state index contributed by atoms with van der Waals surface area (Å²) in [4.78, 5) is 25.8. The molecular weight excluding hydrogens is 302 g/mol. The second-order valence-electron chi connectivity index (χ2n) is 5.63. The van der Waals surface area contributed by atoms with Crippen molar-refractivity contribution in [3.63, 3.8) is 0 Å². The highest BCUT2D eigenvalue weighted by Crippen LogP contribution is 2.38. The quantitative estimate of drug-likeness (QED) is 0.865. The summed E-state index contributed by atoms with van der Waals surface area (Å²) in [6.07, 6.45) is 5.33. The maximum absolute atomic E-state index is 12.3. The zero-order chi connectivity index (χ0) is 15.5. The Kier molecular flexibility index (Phi) is 4.78. The summed E-state index contributed by atoms with van der Waals surface area (Å²) in [5.74, 6) is -0.480. The number of aryl methyl sites for hydroxylation is 1. The van der Waals surface area contributed by atoms with Gasteiger partial charge in [-0.1, -0.05) is 0 Å². The van der Waals surface area contributed by atoms with Crippen LogP contribution in [0.5, 0.6) is 0 Å². The average Bonchev–Trinajstić information content (AvgIpc) is 3.14. The van der Waals surface area contributed by atoms with E-state index in [1.54, 1.807) is 6.92 Å². The van der Waals surface area contributed by atoms with Gasteiger partial charge in [0.05, 0.1) is 12.2 Å². The number of hydrogen-bond donors (Lipinski definition) is 1. The number of thiophene rings is 1. The van der Waals surface area contributed by atoms with Crippen molar-refractivity contribution >= 4 is 28.2 Å². The summed E-state index contributed by atoms with van der Waals surface area (Å²) in [5.41, 5.74) is 1.63. The fraction of sp³-hybridized carbons (Fsp3) is 0.625. The lowest BCUT2D eigenvalue weighted by Crippen LogP contribution is -2.27. The average molecular weight is 323 g/mol. The van der Waals surface area contributed by atoms with Gasteiger partial charge in [0.15, 0.2) is 0 Å². The highest BCUT2D eigenvalue weighted by Gasteiger charge is 2.30. The maximum Gasteiger partial charge on any atom is 0.341 e. The minimum atomic E-state index is -0.394. The lowest BCUT2D eigenvalue weighted by atomic mass is 9.95. The first-order valence-electron chi connectivity index (χ1n) is 7.94. The first-order valence-corrected chi connectivity index (χ1v) is 8.76. The van der Waals surface area contributed by atoms with Crippen molar-refractivity contribution in [1.82, 2.24) is 0 Å². The van der Waals surface area contributed by atoms with E-state index in [4.69, 9.17) is 9.47 Å². The van der Waals surface area contributed by atoms with Crippen LogP contribution in [-0.2, 0) is 27.1 Å². The molecule has 0 bridgehead atoms. The standard InChI is InChI=1S/C16H21NO4S/c1-2-20-16(19)13-10-6-3-4-8-12(10)22-15(13)17-14(18)11-7-5-9-21-11/h11H,2-9H2,1H3,(H,17,18)/t11-/m1/s1. The molecular formula is C16H21NO4S. The van der Waals surface area contributed by atoms with Crippen molar-refractivity contribution < 1.29 is 19.1 Å². The van der Waals surface area contributed by atoms with Gasteiger partial charge in [-0.15, -0.1) is 11.3 Å². The number of nitrogens with one attached hydrogen (secondary N) is 1.